The van der Waals surface area contributed by atoms with E-state index >= 15 is 0 Å². The molecular weight excluding hydrogens is 378 g/mol. The molecule has 0 aromatic heterocycles. The summed E-state index contributed by atoms with van der Waals surface area (Å²) in [5, 5.41) is 11.9. The molecule has 0 saturated carbocycles. The molecule has 158 valence electrons. The molecule has 3 rings (SSSR count). The maximum absolute atomic E-state index is 12.0. The number of hydrogen-bond donors (Lipinski definition) is 1. The lowest BCUT2D eigenvalue weighted by Crippen LogP contribution is -2.47. The fraction of sp³-hybridized carbons (Fsp3) is 0.417. The number of nitrogens with one attached hydrogen (secondary N) is 1. The van der Waals surface area contributed by atoms with Gasteiger partial charge in [0.25, 0.3) is 0 Å². The molecule has 1 fully saturated rings. The molecule has 30 heavy (non-hydrogen) atoms. The summed E-state index contributed by atoms with van der Waals surface area (Å²) in [5.74, 6) is 0.809. The predicted molar refractivity (Wildman–Crippen MR) is 116 cm³/mol. The Kier molecular flexibility index (Phi) is 6.96. The molecule has 1 saturated heterocycles. The molecule has 1 aliphatic rings. The molecule has 6 heteroatoms. The minimum Gasteiger partial charge on any atom is -0.492 e. The molecule has 1 atom stereocenters. The Morgan fingerprint density at radius 2 is 1.77 bits per heavy atom. The number of carbonyl (C=O) groups is 1. The van der Waals surface area contributed by atoms with Gasteiger partial charge in [0, 0.05) is 13.1 Å². The third-order valence-corrected chi connectivity index (χ3v) is 4.90. The van der Waals surface area contributed by atoms with Crippen LogP contribution in [0.25, 0.3) is 11.1 Å². The van der Waals surface area contributed by atoms with Crippen LogP contribution in [0.4, 0.5) is 4.79 Å². The molecule has 1 aliphatic heterocycles. The Balaban J connectivity index is 1.47. The lowest BCUT2D eigenvalue weighted by atomic mass is 10.0. The van der Waals surface area contributed by atoms with Crippen LogP contribution in [0.2, 0.25) is 0 Å². The van der Waals surface area contributed by atoms with Gasteiger partial charge >= 0.3 is 6.09 Å². The smallest absolute Gasteiger partial charge is 0.408 e. The molecule has 0 aliphatic carbocycles. The van der Waals surface area contributed by atoms with Gasteiger partial charge in [0.1, 0.15) is 18.0 Å². The molecule has 1 unspecified atom stereocenters. The highest BCUT2D eigenvalue weighted by atomic mass is 16.6. The van der Waals surface area contributed by atoms with Crippen molar-refractivity contribution >= 4 is 6.09 Å². The van der Waals surface area contributed by atoms with Crippen molar-refractivity contribution in [1.82, 2.24) is 10.2 Å². The van der Waals surface area contributed by atoms with Crippen molar-refractivity contribution in [3.8, 4) is 22.9 Å². The number of benzene rings is 2. The third-order valence-electron chi connectivity index (χ3n) is 4.90. The average molecular weight is 408 g/mol. The molecule has 1 N–H and O–H groups in total. The van der Waals surface area contributed by atoms with E-state index in [2.05, 4.69) is 16.3 Å². The normalized spacial score (nSPS) is 16.7. The summed E-state index contributed by atoms with van der Waals surface area (Å²) >= 11 is 0. The first-order valence-corrected chi connectivity index (χ1v) is 10.3. The highest BCUT2D eigenvalue weighted by Gasteiger charge is 2.27. The zero-order valence-corrected chi connectivity index (χ0v) is 17.9. The summed E-state index contributed by atoms with van der Waals surface area (Å²) in [6.45, 7) is 7.79. The van der Waals surface area contributed by atoms with Crippen molar-refractivity contribution in [2.24, 2.45) is 0 Å². The Morgan fingerprint density at radius 1 is 1.13 bits per heavy atom. The number of likely N-dealkylation sites (tertiary alicyclic amines) is 1. The van der Waals surface area contributed by atoms with Crippen molar-refractivity contribution < 1.29 is 14.3 Å². The molecule has 1 amide bonds. The summed E-state index contributed by atoms with van der Waals surface area (Å²) in [4.78, 5) is 14.3. The van der Waals surface area contributed by atoms with Gasteiger partial charge in [-0.25, -0.2) is 4.79 Å². The van der Waals surface area contributed by atoms with Gasteiger partial charge in [0.15, 0.2) is 0 Å². The monoisotopic (exact) mass is 407 g/mol. The Hall–Kier alpha value is -3.04. The number of carbonyl (C=O) groups excluding carboxylic acids is 1. The van der Waals surface area contributed by atoms with E-state index in [1.165, 1.54) is 0 Å². The average Bonchev–Trinajstić information content (AvgIpc) is 3.14. The standard InChI is InChI=1S/C24H29N3O3/c1-24(2,3)30-23(28)26-22-5-4-14-27(22)15-16-29-21-12-10-20(11-13-21)19-8-6-18(17-25)7-9-19/h6-13,22H,4-5,14-16H2,1-3H3,(H,26,28). The van der Waals surface area contributed by atoms with Crippen LogP contribution in [0.5, 0.6) is 5.75 Å². The van der Waals surface area contributed by atoms with Crippen LogP contribution in [0.15, 0.2) is 48.5 Å². The number of nitriles is 1. The summed E-state index contributed by atoms with van der Waals surface area (Å²) in [7, 11) is 0. The number of hydrogen-bond acceptors (Lipinski definition) is 5. The van der Waals surface area contributed by atoms with Crippen molar-refractivity contribution in [2.45, 2.75) is 45.4 Å². The van der Waals surface area contributed by atoms with Crippen LogP contribution < -0.4 is 10.1 Å². The van der Waals surface area contributed by atoms with E-state index in [0.717, 1.165) is 42.8 Å². The second kappa shape index (κ2) is 9.64. The van der Waals surface area contributed by atoms with Gasteiger partial charge in [-0.2, -0.15) is 5.26 Å². The summed E-state index contributed by atoms with van der Waals surface area (Å²) < 4.78 is 11.3. The van der Waals surface area contributed by atoms with E-state index in [-0.39, 0.29) is 12.3 Å². The Bertz CT molecular complexity index is 880. The maximum Gasteiger partial charge on any atom is 0.408 e. The van der Waals surface area contributed by atoms with Crippen LogP contribution >= 0.6 is 0 Å². The van der Waals surface area contributed by atoms with E-state index in [9.17, 15) is 4.79 Å². The van der Waals surface area contributed by atoms with Crippen molar-refractivity contribution in [2.75, 3.05) is 19.7 Å². The van der Waals surface area contributed by atoms with E-state index in [4.69, 9.17) is 14.7 Å². The van der Waals surface area contributed by atoms with Gasteiger partial charge in [0.05, 0.1) is 17.8 Å². The maximum atomic E-state index is 12.0. The van der Waals surface area contributed by atoms with Gasteiger partial charge in [-0.05, 0) is 69.0 Å². The Morgan fingerprint density at radius 3 is 2.37 bits per heavy atom. The van der Waals surface area contributed by atoms with Gasteiger partial charge in [-0.1, -0.05) is 24.3 Å². The summed E-state index contributed by atoms with van der Waals surface area (Å²) in [6.07, 6.45) is 1.57. The van der Waals surface area contributed by atoms with E-state index in [1.54, 1.807) is 0 Å². The minimum atomic E-state index is -0.499. The molecular formula is C24H29N3O3. The van der Waals surface area contributed by atoms with Crippen molar-refractivity contribution in [3.63, 3.8) is 0 Å². The highest BCUT2D eigenvalue weighted by molar-refractivity contribution is 5.68. The largest absolute Gasteiger partial charge is 0.492 e. The second-order valence-corrected chi connectivity index (χ2v) is 8.40. The quantitative estimate of drug-likeness (QED) is 0.760. The van der Waals surface area contributed by atoms with Crippen molar-refractivity contribution in [3.05, 3.63) is 54.1 Å². The first-order valence-electron chi connectivity index (χ1n) is 10.3. The Labute approximate surface area is 178 Å². The van der Waals surface area contributed by atoms with Gasteiger partial charge in [-0.3, -0.25) is 4.90 Å². The van der Waals surface area contributed by atoms with Crippen LogP contribution in [-0.2, 0) is 4.74 Å². The van der Waals surface area contributed by atoms with Crippen molar-refractivity contribution in [1.29, 1.82) is 5.26 Å². The molecule has 2 aromatic carbocycles. The first-order chi connectivity index (χ1) is 14.3. The second-order valence-electron chi connectivity index (χ2n) is 8.40. The molecule has 0 bridgehead atoms. The predicted octanol–water partition coefficient (Wildman–Crippen LogP) is 4.55. The number of rotatable bonds is 6. The topological polar surface area (TPSA) is 74.6 Å². The lowest BCUT2D eigenvalue weighted by molar-refractivity contribution is 0.0440. The van der Waals surface area contributed by atoms with Gasteiger partial charge in [-0.15, -0.1) is 0 Å². The van der Waals surface area contributed by atoms with Crippen LogP contribution in [0.1, 0.15) is 39.2 Å². The summed E-state index contributed by atoms with van der Waals surface area (Å²) in [6, 6.07) is 17.6. The minimum absolute atomic E-state index is 0.0118. The molecule has 0 spiro atoms. The van der Waals surface area contributed by atoms with Gasteiger partial charge < -0.3 is 14.8 Å². The third kappa shape index (κ3) is 6.23. The van der Waals surface area contributed by atoms with E-state index in [0.29, 0.717) is 12.2 Å². The molecule has 6 nitrogen and oxygen atoms in total. The number of nitrogens with zero attached hydrogens (tertiary/aromatic N) is 2. The lowest BCUT2D eigenvalue weighted by Gasteiger charge is -2.27. The SMILES string of the molecule is CC(C)(C)OC(=O)NC1CCCN1CCOc1ccc(-c2ccc(C#N)cc2)cc1. The van der Waals surface area contributed by atoms with E-state index in [1.807, 2.05) is 69.3 Å². The first kappa shape index (κ1) is 21.7. The van der Waals surface area contributed by atoms with Crippen LogP contribution in [-0.4, -0.2) is 42.5 Å². The van der Waals surface area contributed by atoms with Crippen LogP contribution in [0, 0.1) is 11.3 Å². The zero-order valence-electron chi connectivity index (χ0n) is 17.9. The number of amides is 1. The highest BCUT2D eigenvalue weighted by Crippen LogP contribution is 2.23. The fourth-order valence-corrected chi connectivity index (χ4v) is 3.46. The van der Waals surface area contributed by atoms with Crippen LogP contribution in [0.3, 0.4) is 0 Å². The molecule has 0 radical (unpaired) electrons. The fourth-order valence-electron chi connectivity index (χ4n) is 3.46. The zero-order chi connectivity index (χ0) is 21.6. The summed E-state index contributed by atoms with van der Waals surface area (Å²) in [5.41, 5.74) is 2.29. The van der Waals surface area contributed by atoms with E-state index < -0.39 is 5.60 Å². The van der Waals surface area contributed by atoms with Gasteiger partial charge in [0.2, 0.25) is 0 Å². The number of alkyl carbamates (subject to hydrolysis) is 1. The molecule has 1 heterocycles. The molecule has 2 aromatic rings. The number of ether oxygens (including phenoxy) is 2.